The maximum Gasteiger partial charge on any atom is 0 e. The van der Waals surface area contributed by atoms with Gasteiger partial charge < -0.3 is 29.7 Å². The van der Waals surface area contributed by atoms with Crippen LogP contribution in [0.25, 0.3) is 0 Å². The minimum atomic E-state index is 0. The molecule has 0 nitrogen and oxygen atoms in total. The van der Waals surface area contributed by atoms with Crippen LogP contribution in [0.3, 0.4) is 0 Å². The van der Waals surface area contributed by atoms with E-state index in [1.807, 2.05) is 12.2 Å². The van der Waals surface area contributed by atoms with Crippen LogP contribution >= 0.6 is 0 Å². The van der Waals surface area contributed by atoms with E-state index in [2.05, 4.69) is 36.5 Å². The van der Waals surface area contributed by atoms with Gasteiger partial charge in [-0.1, -0.05) is 24.3 Å². The van der Waals surface area contributed by atoms with Crippen LogP contribution in [0.15, 0.2) is 42.5 Å². The maximum absolute atomic E-state index is 2.99. The molecular weight excluding hydrogens is 263 g/mol. The average Bonchev–Trinajstić information content (AvgIpc) is 2.58. The molecule has 0 saturated heterocycles. The third-order valence-corrected chi connectivity index (χ3v) is 1.96. The van der Waals surface area contributed by atoms with Crippen LogP contribution in [0.5, 0.6) is 0 Å². The monoisotopic (exact) mass is 292 g/mol. The minimum Gasteiger partial charge on any atom is -0.358 e. The molecule has 0 saturated carbocycles. The van der Waals surface area contributed by atoms with Crippen LogP contribution in [-0.4, -0.2) is 0 Å². The van der Waals surface area contributed by atoms with Gasteiger partial charge in [-0.25, -0.2) is 12.2 Å². The molecule has 0 bridgehead atoms. The zero-order valence-electron chi connectivity index (χ0n) is 12.4. The van der Waals surface area contributed by atoms with Gasteiger partial charge in [-0.2, -0.15) is 6.08 Å². The van der Waals surface area contributed by atoms with Crippen LogP contribution < -0.4 is 0 Å². The van der Waals surface area contributed by atoms with E-state index in [0.29, 0.717) is 0 Å². The van der Waals surface area contributed by atoms with Gasteiger partial charge in [0.2, 0.25) is 0 Å². The van der Waals surface area contributed by atoms with Crippen molar-refractivity contribution in [3.8, 4) is 0 Å². The molecular formula is C17H29Co-5. The second-order valence-electron chi connectivity index (χ2n) is 3.14. The van der Waals surface area contributed by atoms with Crippen molar-refractivity contribution >= 4 is 0 Å². The van der Waals surface area contributed by atoms with E-state index >= 15 is 0 Å². The second kappa shape index (κ2) is 25.3. The van der Waals surface area contributed by atoms with Gasteiger partial charge in [-0.15, -0.1) is 6.42 Å². The van der Waals surface area contributed by atoms with Crippen molar-refractivity contribution in [1.82, 2.24) is 0 Å². The molecule has 2 rings (SSSR count). The van der Waals surface area contributed by atoms with E-state index in [0.717, 1.165) is 6.42 Å². The first-order valence-electron chi connectivity index (χ1n) is 5.03. The van der Waals surface area contributed by atoms with E-state index in [9.17, 15) is 0 Å². The third kappa shape index (κ3) is 20.8. The predicted octanol–water partition coefficient (Wildman–Crippen LogP) is 5.78. The fourth-order valence-corrected chi connectivity index (χ4v) is 1.21. The Morgan fingerprint density at radius 3 is 1.44 bits per heavy atom. The van der Waals surface area contributed by atoms with Crippen molar-refractivity contribution in [2.75, 3.05) is 0 Å². The predicted molar refractivity (Wildman–Crippen MR) is 84.0 cm³/mol. The third-order valence-electron chi connectivity index (χ3n) is 1.96. The van der Waals surface area contributed by atoms with Gasteiger partial charge in [-0.3, -0.25) is 6.08 Å². The topological polar surface area (TPSA) is 0 Å². The molecule has 111 valence electrons. The molecule has 1 heteroatoms. The van der Waals surface area contributed by atoms with Crippen molar-refractivity contribution < 1.29 is 16.8 Å². The Hall–Kier alpha value is -0.534. The molecule has 0 aromatic rings. The summed E-state index contributed by atoms with van der Waals surface area (Å²) in [5.41, 5.74) is 0. The van der Waals surface area contributed by atoms with Gasteiger partial charge >= 0.3 is 0 Å². The molecule has 0 unspecified atom stereocenters. The number of allylic oxidation sites excluding steroid dienone is 8. The Balaban J connectivity index is -0.0000000513. The van der Waals surface area contributed by atoms with Gasteiger partial charge in [-0.05, 0) is 25.7 Å². The standard InChI is InChI=1S/C8H12.C5H5.4CH3.Co/c1-2-4-6-8-7-5-3-1;1-2-4-5-3-1;;;;;/h1-4H,5-8H2;1-3H,4H2;4*1H3;/q;5*-1;. The van der Waals surface area contributed by atoms with Crippen LogP contribution in [0, 0.1) is 35.8 Å². The van der Waals surface area contributed by atoms with Gasteiger partial charge in [0.05, 0.1) is 0 Å². The maximum atomic E-state index is 2.99. The Morgan fingerprint density at radius 2 is 1.17 bits per heavy atom. The van der Waals surface area contributed by atoms with Crippen LogP contribution in [0.2, 0.25) is 0 Å². The first kappa shape index (κ1) is 30.5. The van der Waals surface area contributed by atoms with Gasteiger partial charge in [0.15, 0.2) is 0 Å². The summed E-state index contributed by atoms with van der Waals surface area (Å²) >= 11 is 0. The van der Waals surface area contributed by atoms with E-state index < -0.39 is 0 Å². The van der Waals surface area contributed by atoms with Crippen LogP contribution in [0.4, 0.5) is 0 Å². The summed E-state index contributed by atoms with van der Waals surface area (Å²) in [5, 5.41) is 0. The molecule has 0 N–H and O–H groups in total. The number of hydrogen-bond acceptors (Lipinski definition) is 0. The molecule has 0 heterocycles. The van der Waals surface area contributed by atoms with Crippen molar-refractivity contribution in [3.63, 3.8) is 0 Å². The smallest absolute Gasteiger partial charge is 0 e. The molecule has 2 aliphatic carbocycles. The van der Waals surface area contributed by atoms with E-state index in [1.165, 1.54) is 25.7 Å². The molecule has 1 radical (unpaired) electrons. The SMILES string of the molecule is C1=CCCCCC=C1.[C-]1=CC=CC1.[CH3-].[CH3-].[CH3-].[CH3-].[Co]. The average molecular weight is 292 g/mol. The summed E-state index contributed by atoms with van der Waals surface area (Å²) in [6.07, 6.45) is 24.0. The first-order valence-corrected chi connectivity index (χ1v) is 5.03. The van der Waals surface area contributed by atoms with E-state index in [1.54, 1.807) is 0 Å². The number of rotatable bonds is 0. The molecule has 0 amide bonds. The largest absolute Gasteiger partial charge is 0.358 e. The minimum absolute atomic E-state index is 0. The summed E-state index contributed by atoms with van der Waals surface area (Å²) in [4.78, 5) is 0. The molecule has 0 atom stereocenters. The Kier molecular flexibility index (Phi) is 42.9. The molecule has 0 spiro atoms. The quantitative estimate of drug-likeness (QED) is 0.497. The second-order valence-corrected chi connectivity index (χ2v) is 3.14. The molecule has 0 aromatic heterocycles. The number of hydrogen-bond donors (Lipinski definition) is 0. The van der Waals surface area contributed by atoms with Crippen LogP contribution in [-0.2, 0) is 16.8 Å². The van der Waals surface area contributed by atoms with Gasteiger partial charge in [0, 0.05) is 16.8 Å². The Morgan fingerprint density at radius 1 is 0.667 bits per heavy atom. The summed E-state index contributed by atoms with van der Waals surface area (Å²) in [6, 6.07) is 0. The summed E-state index contributed by atoms with van der Waals surface area (Å²) in [5.74, 6) is 0. The molecule has 2 aliphatic rings. The van der Waals surface area contributed by atoms with Crippen LogP contribution in [0.1, 0.15) is 32.1 Å². The molecule has 18 heavy (non-hydrogen) atoms. The zero-order valence-corrected chi connectivity index (χ0v) is 13.5. The van der Waals surface area contributed by atoms with Crippen molar-refractivity contribution in [2.45, 2.75) is 32.1 Å². The molecule has 0 aliphatic heterocycles. The fraction of sp³-hybridized carbons (Fsp3) is 0.294. The fourth-order valence-electron chi connectivity index (χ4n) is 1.21. The molecule has 0 aromatic carbocycles. The van der Waals surface area contributed by atoms with Crippen molar-refractivity contribution in [3.05, 3.63) is 78.3 Å². The summed E-state index contributed by atoms with van der Waals surface area (Å²) < 4.78 is 0. The van der Waals surface area contributed by atoms with Gasteiger partial charge in [0.1, 0.15) is 0 Å². The summed E-state index contributed by atoms with van der Waals surface area (Å²) in [7, 11) is 0. The normalized spacial score (nSPS) is 13.8. The Bertz CT molecular complexity index is 198. The molecule has 0 fully saturated rings. The summed E-state index contributed by atoms with van der Waals surface area (Å²) in [6.45, 7) is 0. The van der Waals surface area contributed by atoms with Gasteiger partial charge in [0.25, 0.3) is 0 Å². The van der Waals surface area contributed by atoms with E-state index in [4.69, 9.17) is 0 Å². The zero-order chi connectivity index (χ0) is 9.19. The van der Waals surface area contributed by atoms with E-state index in [-0.39, 0.29) is 46.5 Å². The van der Waals surface area contributed by atoms with Crippen molar-refractivity contribution in [2.24, 2.45) is 0 Å². The van der Waals surface area contributed by atoms with Crippen molar-refractivity contribution in [1.29, 1.82) is 0 Å². The first-order chi connectivity index (χ1) is 6.50. The Labute approximate surface area is 127 Å².